The van der Waals surface area contributed by atoms with Crippen molar-refractivity contribution in [2.75, 3.05) is 0 Å². The third kappa shape index (κ3) is 0.834. The molecule has 0 N–H and O–H groups in total. The van der Waals surface area contributed by atoms with Gasteiger partial charge in [0, 0.05) is 11.6 Å². The van der Waals surface area contributed by atoms with Gasteiger partial charge in [-0.05, 0) is 41.1 Å². The molecule has 3 rings (SSSR count). The highest BCUT2D eigenvalue weighted by atomic mass is 15.5. The summed E-state index contributed by atoms with van der Waals surface area (Å²) in [6.07, 6.45) is 1.74. The largest absolute Gasteiger partial charge is 0.236 e. The van der Waals surface area contributed by atoms with Crippen LogP contribution in [0.1, 0.15) is 5.56 Å². The second-order valence-corrected chi connectivity index (χ2v) is 3.15. The third-order valence-corrected chi connectivity index (χ3v) is 2.25. The average Bonchev–Trinajstić information content (AvgIpc) is 2.66. The normalized spacial score (nSPS) is 11.2. The first kappa shape index (κ1) is 7.37. The van der Waals surface area contributed by atoms with Crippen LogP contribution >= 0.6 is 0 Å². The lowest BCUT2D eigenvalue weighted by atomic mass is 10.2. The van der Waals surface area contributed by atoms with Crippen molar-refractivity contribution in [1.82, 2.24) is 25.0 Å². The van der Waals surface area contributed by atoms with E-state index in [-0.39, 0.29) is 0 Å². The van der Waals surface area contributed by atoms with E-state index < -0.39 is 0 Å². The Kier molecular flexibility index (Phi) is 1.30. The van der Waals surface area contributed by atoms with Gasteiger partial charge >= 0.3 is 0 Å². The summed E-state index contributed by atoms with van der Waals surface area (Å²) in [7, 11) is 0. The Morgan fingerprint density at radius 2 is 2.29 bits per heavy atom. The van der Waals surface area contributed by atoms with Gasteiger partial charge in [-0.1, -0.05) is 0 Å². The van der Waals surface area contributed by atoms with E-state index in [0.29, 0.717) is 0 Å². The van der Waals surface area contributed by atoms with Gasteiger partial charge in [-0.2, -0.15) is 4.52 Å². The minimum Gasteiger partial charge on any atom is -0.236 e. The maximum absolute atomic E-state index is 4.26. The first-order valence-electron chi connectivity index (χ1n) is 4.29. The van der Waals surface area contributed by atoms with Crippen molar-refractivity contribution in [3.05, 3.63) is 30.0 Å². The van der Waals surface area contributed by atoms with E-state index in [1.165, 1.54) is 0 Å². The van der Waals surface area contributed by atoms with Crippen molar-refractivity contribution < 1.29 is 0 Å². The van der Waals surface area contributed by atoms with Gasteiger partial charge in [-0.3, -0.25) is 0 Å². The zero-order valence-electron chi connectivity index (χ0n) is 7.55. The van der Waals surface area contributed by atoms with Crippen LogP contribution in [-0.4, -0.2) is 25.0 Å². The van der Waals surface area contributed by atoms with Crippen molar-refractivity contribution in [3.63, 3.8) is 0 Å². The van der Waals surface area contributed by atoms with Crippen molar-refractivity contribution in [3.8, 4) is 0 Å². The molecule has 0 aliphatic carbocycles. The summed E-state index contributed by atoms with van der Waals surface area (Å²) in [5.74, 6) is 0. The number of fused-ring (bicyclic) bond motifs is 3. The molecule has 0 amide bonds. The van der Waals surface area contributed by atoms with E-state index >= 15 is 0 Å². The molecule has 5 nitrogen and oxygen atoms in total. The van der Waals surface area contributed by atoms with Crippen LogP contribution < -0.4 is 0 Å². The highest BCUT2D eigenvalue weighted by Crippen LogP contribution is 2.16. The molecule has 0 aromatic carbocycles. The van der Waals surface area contributed by atoms with Crippen molar-refractivity contribution in [2.45, 2.75) is 6.92 Å². The minimum absolute atomic E-state index is 0.730. The molecule has 0 radical (unpaired) electrons. The van der Waals surface area contributed by atoms with Crippen molar-refractivity contribution in [2.24, 2.45) is 0 Å². The fourth-order valence-corrected chi connectivity index (χ4v) is 1.58. The maximum atomic E-state index is 4.26. The van der Waals surface area contributed by atoms with E-state index in [9.17, 15) is 0 Å². The number of aryl methyl sites for hydroxylation is 1. The predicted molar refractivity (Wildman–Crippen MR) is 50.8 cm³/mol. The summed E-state index contributed by atoms with van der Waals surface area (Å²) < 4.78 is 1.64. The van der Waals surface area contributed by atoms with Crippen LogP contribution in [0.2, 0.25) is 0 Å². The van der Waals surface area contributed by atoms with Gasteiger partial charge in [0.15, 0.2) is 11.3 Å². The lowest BCUT2D eigenvalue weighted by Crippen LogP contribution is -1.94. The number of hydrogen-bond donors (Lipinski definition) is 0. The first-order chi connectivity index (χ1) is 6.86. The fourth-order valence-electron chi connectivity index (χ4n) is 1.58. The van der Waals surface area contributed by atoms with Gasteiger partial charge in [-0.25, -0.2) is 4.98 Å². The van der Waals surface area contributed by atoms with Gasteiger partial charge in [0.1, 0.15) is 0 Å². The Balaban J connectivity index is 2.67. The van der Waals surface area contributed by atoms with Crippen molar-refractivity contribution >= 4 is 16.7 Å². The molecule has 14 heavy (non-hydrogen) atoms. The van der Waals surface area contributed by atoms with Gasteiger partial charge in [-0.15, -0.1) is 5.10 Å². The Morgan fingerprint density at radius 3 is 3.21 bits per heavy atom. The molecule has 0 aliphatic heterocycles. The van der Waals surface area contributed by atoms with Crippen LogP contribution in [-0.2, 0) is 0 Å². The Hall–Kier alpha value is -2.04. The molecular weight excluding hydrogens is 178 g/mol. The molecule has 3 heterocycles. The predicted octanol–water partition coefficient (Wildman–Crippen LogP) is 0.981. The topological polar surface area (TPSA) is 56.0 Å². The lowest BCUT2D eigenvalue weighted by molar-refractivity contribution is 0.835. The maximum Gasteiger partial charge on any atom is 0.182 e. The Bertz CT molecular complexity index is 613. The van der Waals surface area contributed by atoms with Crippen LogP contribution in [0, 0.1) is 6.92 Å². The molecule has 0 unspecified atom stereocenters. The first-order valence-corrected chi connectivity index (χ1v) is 4.29. The van der Waals surface area contributed by atoms with Crippen LogP contribution in [0.3, 0.4) is 0 Å². The van der Waals surface area contributed by atoms with E-state index in [0.717, 1.165) is 22.2 Å². The number of rotatable bonds is 0. The van der Waals surface area contributed by atoms with E-state index in [2.05, 4.69) is 20.5 Å². The second-order valence-electron chi connectivity index (χ2n) is 3.15. The SMILES string of the molecule is Cc1cc2nnnn2c2ncccc12. The lowest BCUT2D eigenvalue weighted by Gasteiger charge is -2.01. The molecule has 0 spiro atoms. The molecule has 3 aromatic rings. The third-order valence-electron chi connectivity index (χ3n) is 2.25. The van der Waals surface area contributed by atoms with Crippen LogP contribution in [0.15, 0.2) is 24.4 Å². The second kappa shape index (κ2) is 2.47. The number of pyridine rings is 2. The zero-order chi connectivity index (χ0) is 9.54. The molecular formula is C9H7N5. The van der Waals surface area contributed by atoms with Gasteiger partial charge in [0.05, 0.1) is 0 Å². The summed E-state index contributed by atoms with van der Waals surface area (Å²) in [4.78, 5) is 4.26. The average molecular weight is 185 g/mol. The highest BCUT2D eigenvalue weighted by molar-refractivity contribution is 5.81. The van der Waals surface area contributed by atoms with Crippen LogP contribution in [0.5, 0.6) is 0 Å². The van der Waals surface area contributed by atoms with E-state index in [4.69, 9.17) is 0 Å². The summed E-state index contributed by atoms with van der Waals surface area (Å²) in [5, 5.41) is 12.5. The van der Waals surface area contributed by atoms with Crippen molar-refractivity contribution in [1.29, 1.82) is 0 Å². The highest BCUT2D eigenvalue weighted by Gasteiger charge is 2.05. The molecule has 0 saturated heterocycles. The van der Waals surface area contributed by atoms with Crippen LogP contribution in [0.4, 0.5) is 0 Å². The molecule has 0 atom stereocenters. The minimum atomic E-state index is 0.730. The number of nitrogens with zero attached hydrogens (tertiary/aromatic N) is 5. The quantitative estimate of drug-likeness (QED) is 0.524. The Morgan fingerprint density at radius 1 is 1.36 bits per heavy atom. The molecule has 0 saturated carbocycles. The molecule has 5 heteroatoms. The summed E-state index contributed by atoms with van der Waals surface area (Å²) in [5.41, 5.74) is 2.66. The number of hydrogen-bond acceptors (Lipinski definition) is 4. The fraction of sp³-hybridized carbons (Fsp3) is 0.111. The standard InChI is InChI=1S/C9H7N5/c1-6-5-8-11-12-13-14(8)9-7(6)3-2-4-10-9/h2-5H,1H3. The molecule has 0 fully saturated rings. The summed E-state index contributed by atoms with van der Waals surface area (Å²) in [6, 6.07) is 5.87. The monoisotopic (exact) mass is 185 g/mol. The molecule has 68 valence electrons. The summed E-state index contributed by atoms with van der Waals surface area (Å²) in [6.45, 7) is 2.03. The number of tetrazole rings is 1. The van der Waals surface area contributed by atoms with Gasteiger partial charge in [0.2, 0.25) is 0 Å². The summed E-state index contributed by atoms with van der Waals surface area (Å²) >= 11 is 0. The van der Waals surface area contributed by atoms with E-state index in [1.807, 2.05) is 25.1 Å². The van der Waals surface area contributed by atoms with Gasteiger partial charge in [0.25, 0.3) is 0 Å². The van der Waals surface area contributed by atoms with Gasteiger partial charge < -0.3 is 0 Å². The molecule has 0 bridgehead atoms. The Labute approximate surface area is 79.4 Å². The van der Waals surface area contributed by atoms with E-state index in [1.54, 1.807) is 10.7 Å². The van der Waals surface area contributed by atoms with Crippen LogP contribution in [0.25, 0.3) is 16.7 Å². The number of aromatic nitrogens is 5. The zero-order valence-corrected chi connectivity index (χ0v) is 7.55. The smallest absolute Gasteiger partial charge is 0.182 e. The molecule has 3 aromatic heterocycles. The molecule has 0 aliphatic rings.